The van der Waals surface area contributed by atoms with Gasteiger partial charge >= 0.3 is 0 Å². The molecule has 0 atom stereocenters. The molecule has 5 heteroatoms. The van der Waals surface area contributed by atoms with Crippen molar-refractivity contribution in [2.75, 3.05) is 5.32 Å². The third-order valence-corrected chi connectivity index (χ3v) is 2.84. The molecule has 1 heterocycles. The van der Waals surface area contributed by atoms with Crippen molar-refractivity contribution < 1.29 is 4.79 Å². The van der Waals surface area contributed by atoms with Crippen molar-refractivity contribution in [2.24, 2.45) is 0 Å². The zero-order chi connectivity index (χ0) is 13.8. The van der Waals surface area contributed by atoms with Crippen LogP contribution in [0.2, 0.25) is 5.02 Å². The molecule has 2 aromatic rings. The van der Waals surface area contributed by atoms with Crippen LogP contribution in [0.1, 0.15) is 11.3 Å². The van der Waals surface area contributed by atoms with E-state index in [1.807, 2.05) is 37.3 Å². The van der Waals surface area contributed by atoms with Crippen LogP contribution in [0.5, 0.6) is 0 Å². The number of nitrogens with zero attached hydrogens (tertiary/aromatic N) is 2. The van der Waals surface area contributed by atoms with Gasteiger partial charge in [-0.15, -0.1) is 0 Å². The van der Waals surface area contributed by atoms with Crippen LogP contribution in [-0.4, -0.2) is 15.7 Å². The topological polar surface area (TPSA) is 46.9 Å². The van der Waals surface area contributed by atoms with Gasteiger partial charge in [0.05, 0.1) is 12.2 Å². The van der Waals surface area contributed by atoms with Crippen molar-refractivity contribution in [3.63, 3.8) is 0 Å². The first-order valence-corrected chi connectivity index (χ1v) is 6.18. The van der Waals surface area contributed by atoms with Gasteiger partial charge in [-0.3, -0.25) is 4.79 Å². The molecule has 0 saturated heterocycles. The number of aromatic nitrogens is 2. The van der Waals surface area contributed by atoms with Gasteiger partial charge in [-0.2, -0.15) is 5.10 Å². The number of aryl methyl sites for hydroxylation is 1. The molecule has 0 aliphatic heterocycles. The Morgan fingerprint density at radius 2 is 2.16 bits per heavy atom. The Hall–Kier alpha value is -2.07. The fourth-order valence-electron chi connectivity index (χ4n) is 1.71. The minimum Gasteiger partial charge on any atom is -0.307 e. The summed E-state index contributed by atoms with van der Waals surface area (Å²) in [7, 11) is 0. The molecule has 19 heavy (non-hydrogen) atoms. The maximum atomic E-state index is 11.4. The molecule has 0 radical (unpaired) electrons. The molecular weight excluding hydrogens is 262 g/mol. The summed E-state index contributed by atoms with van der Waals surface area (Å²) in [6.07, 6.45) is 1.23. The Bertz CT molecular complexity index is 602. The highest BCUT2D eigenvalue weighted by Gasteiger charge is 2.08. The highest BCUT2D eigenvalue weighted by atomic mass is 35.5. The predicted octanol–water partition coefficient (Wildman–Crippen LogP) is 3.02. The third kappa shape index (κ3) is 3.45. The average Bonchev–Trinajstić information content (AvgIpc) is 2.72. The van der Waals surface area contributed by atoms with E-state index in [1.54, 1.807) is 4.68 Å². The van der Waals surface area contributed by atoms with Gasteiger partial charge < -0.3 is 5.32 Å². The lowest BCUT2D eigenvalue weighted by atomic mass is 10.2. The quantitative estimate of drug-likeness (QED) is 0.872. The summed E-state index contributed by atoms with van der Waals surface area (Å²) >= 11 is 5.85. The van der Waals surface area contributed by atoms with Gasteiger partial charge in [0.15, 0.2) is 0 Å². The van der Waals surface area contributed by atoms with E-state index in [2.05, 4.69) is 17.0 Å². The smallest absolute Gasteiger partial charge is 0.248 e. The number of hydrogen-bond acceptors (Lipinski definition) is 2. The lowest BCUT2D eigenvalue weighted by molar-refractivity contribution is -0.111. The summed E-state index contributed by atoms with van der Waals surface area (Å²) in [6, 6.07) is 9.33. The van der Waals surface area contributed by atoms with Gasteiger partial charge in [0.2, 0.25) is 5.91 Å². The minimum absolute atomic E-state index is 0.253. The Morgan fingerprint density at radius 1 is 1.47 bits per heavy atom. The Balaban J connectivity index is 2.21. The van der Waals surface area contributed by atoms with E-state index in [1.165, 1.54) is 6.08 Å². The van der Waals surface area contributed by atoms with Gasteiger partial charge in [-0.05, 0) is 30.7 Å². The highest BCUT2D eigenvalue weighted by Crippen LogP contribution is 2.15. The van der Waals surface area contributed by atoms with Gasteiger partial charge in [0.1, 0.15) is 5.82 Å². The summed E-state index contributed by atoms with van der Waals surface area (Å²) in [5.74, 6) is 0.398. The molecule has 1 N–H and O–H groups in total. The third-order valence-electron chi connectivity index (χ3n) is 2.58. The van der Waals surface area contributed by atoms with E-state index in [4.69, 9.17) is 11.6 Å². The minimum atomic E-state index is -0.253. The van der Waals surface area contributed by atoms with E-state index in [9.17, 15) is 4.79 Å². The molecule has 0 unspecified atom stereocenters. The van der Waals surface area contributed by atoms with Gasteiger partial charge in [0.25, 0.3) is 0 Å². The zero-order valence-electron chi connectivity index (χ0n) is 10.6. The number of nitrogens with one attached hydrogen (secondary N) is 1. The number of hydrogen-bond donors (Lipinski definition) is 1. The second-order valence-electron chi connectivity index (χ2n) is 4.15. The van der Waals surface area contributed by atoms with Crippen LogP contribution in [0.4, 0.5) is 5.82 Å². The number of carbonyl (C=O) groups excluding carboxylic acids is 1. The number of rotatable bonds is 4. The predicted molar refractivity (Wildman–Crippen MR) is 76.3 cm³/mol. The molecule has 1 amide bonds. The van der Waals surface area contributed by atoms with Gasteiger partial charge in [-0.25, -0.2) is 4.68 Å². The average molecular weight is 276 g/mol. The second kappa shape index (κ2) is 5.71. The van der Waals surface area contributed by atoms with Crippen molar-refractivity contribution in [3.05, 3.63) is 59.3 Å². The largest absolute Gasteiger partial charge is 0.307 e. The monoisotopic (exact) mass is 275 g/mol. The summed E-state index contributed by atoms with van der Waals surface area (Å²) in [5, 5.41) is 7.78. The van der Waals surface area contributed by atoms with Crippen LogP contribution in [0.15, 0.2) is 43.0 Å². The zero-order valence-corrected chi connectivity index (χ0v) is 11.3. The van der Waals surface area contributed by atoms with Crippen molar-refractivity contribution in [1.29, 1.82) is 0 Å². The van der Waals surface area contributed by atoms with Crippen molar-refractivity contribution in [2.45, 2.75) is 13.5 Å². The molecular formula is C14H14ClN3O. The Kier molecular flexibility index (Phi) is 4.02. The Morgan fingerprint density at radius 3 is 2.79 bits per heavy atom. The van der Waals surface area contributed by atoms with E-state index in [-0.39, 0.29) is 5.91 Å². The number of carbonyl (C=O) groups is 1. The molecule has 2 rings (SSSR count). The molecule has 98 valence electrons. The standard InChI is InChI=1S/C14H14ClN3O/c1-3-14(19)16-13-8-10(2)17-18(13)9-11-4-6-12(15)7-5-11/h3-8H,1,9H2,2H3,(H,16,19). The van der Waals surface area contributed by atoms with E-state index in [0.717, 1.165) is 11.3 Å². The lowest BCUT2D eigenvalue weighted by Gasteiger charge is -2.07. The highest BCUT2D eigenvalue weighted by molar-refractivity contribution is 6.30. The number of halogens is 1. The van der Waals surface area contributed by atoms with Crippen LogP contribution >= 0.6 is 11.6 Å². The molecule has 0 aliphatic carbocycles. The van der Waals surface area contributed by atoms with Crippen molar-refractivity contribution in [1.82, 2.24) is 9.78 Å². The first-order chi connectivity index (χ1) is 9.08. The van der Waals surface area contributed by atoms with Crippen LogP contribution < -0.4 is 5.32 Å². The molecule has 0 aliphatic rings. The van der Waals surface area contributed by atoms with Crippen LogP contribution in [0.3, 0.4) is 0 Å². The summed E-state index contributed by atoms with van der Waals surface area (Å²) < 4.78 is 1.74. The second-order valence-corrected chi connectivity index (χ2v) is 4.58. The van der Waals surface area contributed by atoms with Crippen LogP contribution in [0, 0.1) is 6.92 Å². The Labute approximate surface area is 116 Å². The maximum absolute atomic E-state index is 11.4. The fourth-order valence-corrected chi connectivity index (χ4v) is 1.83. The number of amides is 1. The molecule has 0 bridgehead atoms. The fraction of sp³-hybridized carbons (Fsp3) is 0.143. The van der Waals surface area contributed by atoms with Crippen molar-refractivity contribution in [3.8, 4) is 0 Å². The van der Waals surface area contributed by atoms with Gasteiger partial charge in [-0.1, -0.05) is 30.3 Å². The summed E-state index contributed by atoms with van der Waals surface area (Å²) in [6.45, 7) is 5.87. The van der Waals surface area contributed by atoms with Gasteiger partial charge in [0, 0.05) is 11.1 Å². The summed E-state index contributed by atoms with van der Waals surface area (Å²) in [5.41, 5.74) is 1.90. The van der Waals surface area contributed by atoms with E-state index >= 15 is 0 Å². The van der Waals surface area contributed by atoms with Crippen LogP contribution in [0.25, 0.3) is 0 Å². The molecule has 4 nitrogen and oxygen atoms in total. The SMILES string of the molecule is C=CC(=O)Nc1cc(C)nn1Cc1ccc(Cl)cc1. The van der Waals surface area contributed by atoms with Crippen LogP contribution in [-0.2, 0) is 11.3 Å². The molecule has 0 spiro atoms. The first-order valence-electron chi connectivity index (χ1n) is 5.81. The van der Waals surface area contributed by atoms with Crippen molar-refractivity contribution >= 4 is 23.3 Å². The first kappa shape index (κ1) is 13.4. The van der Waals surface area contributed by atoms with E-state index < -0.39 is 0 Å². The maximum Gasteiger partial charge on any atom is 0.248 e. The van der Waals surface area contributed by atoms with E-state index in [0.29, 0.717) is 17.4 Å². The molecule has 1 aromatic carbocycles. The molecule has 0 fully saturated rings. The lowest BCUT2D eigenvalue weighted by Crippen LogP contribution is -2.13. The normalized spacial score (nSPS) is 10.2. The molecule has 0 saturated carbocycles. The number of benzene rings is 1. The summed E-state index contributed by atoms with van der Waals surface area (Å²) in [4.78, 5) is 11.4. The number of anilines is 1. The molecule has 1 aromatic heterocycles.